The van der Waals surface area contributed by atoms with Crippen LogP contribution in [0.1, 0.15) is 11.1 Å². The van der Waals surface area contributed by atoms with E-state index in [9.17, 15) is 0 Å². The van der Waals surface area contributed by atoms with Crippen LogP contribution in [0.4, 0.5) is 0 Å². The molecular formula is C22H16N2O2. The van der Waals surface area contributed by atoms with Gasteiger partial charge in [-0.3, -0.25) is 0 Å². The maximum absolute atomic E-state index is 5.91. The normalized spacial score (nSPS) is 11.5. The number of oxazole rings is 2. The summed E-state index contributed by atoms with van der Waals surface area (Å²) >= 11 is 0. The molecule has 0 bridgehead atoms. The van der Waals surface area contributed by atoms with Gasteiger partial charge in [0, 0.05) is 11.1 Å². The van der Waals surface area contributed by atoms with Gasteiger partial charge in [-0.05, 0) is 42.8 Å². The molecular weight excluding hydrogens is 324 g/mol. The van der Waals surface area contributed by atoms with E-state index < -0.39 is 0 Å². The maximum Gasteiger partial charge on any atom is 0.288 e. The highest BCUT2D eigenvalue weighted by Gasteiger charge is 2.17. The van der Waals surface area contributed by atoms with Crippen LogP contribution in [0, 0.1) is 13.8 Å². The summed E-state index contributed by atoms with van der Waals surface area (Å²) in [5.41, 5.74) is 5.04. The first-order valence-corrected chi connectivity index (χ1v) is 8.51. The number of benzene rings is 3. The topological polar surface area (TPSA) is 52.1 Å². The first-order chi connectivity index (χ1) is 12.7. The van der Waals surface area contributed by atoms with E-state index in [4.69, 9.17) is 8.83 Å². The van der Waals surface area contributed by atoms with E-state index in [0.717, 1.165) is 21.9 Å². The molecule has 0 fully saturated rings. The fourth-order valence-corrected chi connectivity index (χ4v) is 3.39. The van der Waals surface area contributed by atoms with Crippen LogP contribution in [-0.4, -0.2) is 9.97 Å². The highest BCUT2D eigenvalue weighted by atomic mass is 16.4. The summed E-state index contributed by atoms with van der Waals surface area (Å²) in [5, 5.41) is 2.23. The average Bonchev–Trinajstić information content (AvgIpc) is 3.19. The Morgan fingerprint density at radius 1 is 0.692 bits per heavy atom. The Hall–Kier alpha value is -3.40. The van der Waals surface area contributed by atoms with Crippen molar-refractivity contribution < 1.29 is 8.83 Å². The molecule has 2 aromatic heterocycles. The van der Waals surface area contributed by atoms with Crippen LogP contribution in [0.5, 0.6) is 0 Å². The van der Waals surface area contributed by atoms with Crippen molar-refractivity contribution in [2.75, 3.05) is 0 Å². The molecule has 5 aromatic rings. The molecule has 0 aliphatic rings. The lowest BCUT2D eigenvalue weighted by Gasteiger charge is -2.02. The van der Waals surface area contributed by atoms with Crippen molar-refractivity contribution in [1.82, 2.24) is 9.97 Å². The number of aromatic nitrogens is 2. The molecule has 0 aliphatic carbocycles. The lowest BCUT2D eigenvalue weighted by Crippen LogP contribution is -1.83. The van der Waals surface area contributed by atoms with E-state index in [0.29, 0.717) is 23.2 Å². The Morgan fingerprint density at radius 3 is 2.15 bits per heavy atom. The molecule has 0 spiro atoms. The van der Waals surface area contributed by atoms with Gasteiger partial charge in [0.05, 0.1) is 0 Å². The second kappa shape index (κ2) is 5.56. The molecule has 2 heterocycles. The average molecular weight is 340 g/mol. The van der Waals surface area contributed by atoms with Gasteiger partial charge in [0.15, 0.2) is 0 Å². The van der Waals surface area contributed by atoms with Crippen molar-refractivity contribution in [3.63, 3.8) is 0 Å². The second-order valence-electron chi connectivity index (χ2n) is 6.55. The van der Waals surface area contributed by atoms with Gasteiger partial charge in [0.2, 0.25) is 11.8 Å². The Morgan fingerprint density at radius 2 is 1.35 bits per heavy atom. The minimum Gasteiger partial charge on any atom is -0.415 e. The van der Waals surface area contributed by atoms with E-state index in [-0.39, 0.29) is 0 Å². The van der Waals surface area contributed by atoms with Gasteiger partial charge in [0.25, 0.3) is 11.4 Å². The van der Waals surface area contributed by atoms with Crippen LogP contribution >= 0.6 is 0 Å². The lowest BCUT2D eigenvalue weighted by atomic mass is 10.0. The summed E-state index contributed by atoms with van der Waals surface area (Å²) < 4.78 is 11.8. The standard InChI is InChI=1S/C22H16N2O2/c1-13-10-14(2)12-16(11-13)19-23-21-22(25-19)24-20(26-21)18-9-5-7-15-6-3-4-8-17(15)18/h3-12H,1-2H3. The van der Waals surface area contributed by atoms with E-state index in [1.54, 1.807) is 0 Å². The van der Waals surface area contributed by atoms with Gasteiger partial charge in [-0.2, -0.15) is 9.97 Å². The zero-order valence-electron chi connectivity index (χ0n) is 14.5. The monoisotopic (exact) mass is 340 g/mol. The lowest BCUT2D eigenvalue weighted by molar-refractivity contribution is 0.597. The Balaban J connectivity index is 1.62. The van der Waals surface area contributed by atoms with Gasteiger partial charge in [-0.1, -0.05) is 53.6 Å². The predicted octanol–water partition coefficient (Wildman–Crippen LogP) is 5.92. The molecule has 0 unspecified atom stereocenters. The highest BCUT2D eigenvalue weighted by molar-refractivity contribution is 5.95. The van der Waals surface area contributed by atoms with E-state index in [2.05, 4.69) is 48.1 Å². The van der Waals surface area contributed by atoms with Crippen molar-refractivity contribution in [2.24, 2.45) is 0 Å². The molecule has 0 radical (unpaired) electrons. The first kappa shape index (κ1) is 14.9. The third-order valence-corrected chi connectivity index (χ3v) is 4.46. The predicted molar refractivity (Wildman–Crippen MR) is 102 cm³/mol. The smallest absolute Gasteiger partial charge is 0.288 e. The molecule has 0 saturated heterocycles. The molecule has 3 aromatic carbocycles. The van der Waals surface area contributed by atoms with E-state index >= 15 is 0 Å². The molecule has 0 saturated carbocycles. The van der Waals surface area contributed by atoms with Crippen molar-refractivity contribution in [1.29, 1.82) is 0 Å². The molecule has 0 atom stereocenters. The van der Waals surface area contributed by atoms with Crippen LogP contribution in [0.15, 0.2) is 69.5 Å². The third-order valence-electron chi connectivity index (χ3n) is 4.46. The highest BCUT2D eigenvalue weighted by Crippen LogP contribution is 2.32. The molecule has 4 heteroatoms. The van der Waals surface area contributed by atoms with Crippen molar-refractivity contribution in [3.05, 3.63) is 71.8 Å². The van der Waals surface area contributed by atoms with Gasteiger partial charge < -0.3 is 8.83 Å². The number of hydrogen-bond acceptors (Lipinski definition) is 4. The minimum atomic E-state index is 0.419. The largest absolute Gasteiger partial charge is 0.415 e. The molecule has 0 amide bonds. The van der Waals surface area contributed by atoms with Gasteiger partial charge >= 0.3 is 0 Å². The van der Waals surface area contributed by atoms with Crippen LogP contribution in [0.3, 0.4) is 0 Å². The second-order valence-corrected chi connectivity index (χ2v) is 6.55. The number of rotatable bonds is 2. The summed E-state index contributed by atoms with van der Waals surface area (Å²) in [7, 11) is 0. The van der Waals surface area contributed by atoms with Gasteiger partial charge in [0.1, 0.15) is 0 Å². The van der Waals surface area contributed by atoms with Crippen LogP contribution in [-0.2, 0) is 0 Å². The Kier molecular flexibility index (Phi) is 3.19. The molecule has 126 valence electrons. The molecule has 0 aliphatic heterocycles. The van der Waals surface area contributed by atoms with Crippen molar-refractivity contribution in [3.8, 4) is 22.9 Å². The summed E-state index contributed by atoms with van der Waals surface area (Å²) in [6.07, 6.45) is 0. The molecule has 0 N–H and O–H groups in total. The van der Waals surface area contributed by atoms with Crippen molar-refractivity contribution in [2.45, 2.75) is 13.8 Å². The van der Waals surface area contributed by atoms with Crippen LogP contribution < -0.4 is 0 Å². The van der Waals surface area contributed by atoms with Crippen LogP contribution in [0.25, 0.3) is 45.1 Å². The van der Waals surface area contributed by atoms with E-state index in [1.165, 1.54) is 11.1 Å². The number of fused-ring (bicyclic) bond motifs is 2. The summed E-state index contributed by atoms with van der Waals surface area (Å²) in [6.45, 7) is 4.11. The quantitative estimate of drug-likeness (QED) is 0.400. The molecule has 26 heavy (non-hydrogen) atoms. The van der Waals surface area contributed by atoms with E-state index in [1.807, 2.05) is 36.4 Å². The maximum atomic E-state index is 5.91. The van der Waals surface area contributed by atoms with Crippen LogP contribution in [0.2, 0.25) is 0 Å². The number of aryl methyl sites for hydroxylation is 2. The summed E-state index contributed by atoms with van der Waals surface area (Å²) in [5.74, 6) is 1.05. The number of nitrogens with zero attached hydrogens (tertiary/aromatic N) is 2. The Bertz CT molecular complexity index is 1210. The van der Waals surface area contributed by atoms with Gasteiger partial charge in [-0.15, -0.1) is 0 Å². The van der Waals surface area contributed by atoms with Crippen molar-refractivity contribution >= 4 is 22.2 Å². The zero-order chi connectivity index (χ0) is 17.7. The summed E-state index contributed by atoms with van der Waals surface area (Å²) in [4.78, 5) is 9.02. The fraction of sp³-hybridized carbons (Fsp3) is 0.0909. The fourth-order valence-electron chi connectivity index (χ4n) is 3.39. The Labute approximate surface area is 150 Å². The first-order valence-electron chi connectivity index (χ1n) is 8.51. The number of hydrogen-bond donors (Lipinski definition) is 0. The zero-order valence-corrected chi connectivity index (χ0v) is 14.5. The molecule has 4 nitrogen and oxygen atoms in total. The van der Waals surface area contributed by atoms with Gasteiger partial charge in [-0.25, -0.2) is 0 Å². The third kappa shape index (κ3) is 2.39. The minimum absolute atomic E-state index is 0.419. The SMILES string of the molecule is Cc1cc(C)cc(-c2nc3oc(-c4cccc5ccccc45)nc3o2)c1. The summed E-state index contributed by atoms with van der Waals surface area (Å²) in [6, 6.07) is 20.4. The molecule has 5 rings (SSSR count).